The molecule has 0 radical (unpaired) electrons. The summed E-state index contributed by atoms with van der Waals surface area (Å²) in [5, 5.41) is 5.20. The van der Waals surface area contributed by atoms with Gasteiger partial charge in [-0.25, -0.2) is 0 Å². The molecule has 21 heavy (non-hydrogen) atoms. The van der Waals surface area contributed by atoms with Crippen molar-refractivity contribution in [2.75, 3.05) is 0 Å². The summed E-state index contributed by atoms with van der Waals surface area (Å²) < 4.78 is 0. The number of hydrogen-bond donors (Lipinski definition) is 0. The van der Waals surface area contributed by atoms with Crippen molar-refractivity contribution >= 4 is 33.3 Å². The van der Waals surface area contributed by atoms with E-state index in [4.69, 9.17) is 0 Å². The van der Waals surface area contributed by atoms with E-state index >= 15 is 0 Å². The maximum atomic E-state index is 2.28. The van der Waals surface area contributed by atoms with E-state index in [1.165, 1.54) is 31.3 Å². The average molecular weight is 286 g/mol. The van der Waals surface area contributed by atoms with Gasteiger partial charge in [0.25, 0.3) is 0 Å². The predicted molar refractivity (Wildman–Crippen MR) is 92.0 cm³/mol. The molecule has 0 unspecified atom stereocenters. The SMILES string of the molecule is c1ccc(Sc2ccc3cc4ccccc4cc3c2)cc1. The normalized spacial score (nSPS) is 11.0. The molecule has 1 heteroatoms. The largest absolute Gasteiger partial charge is 0.0901 e. The summed E-state index contributed by atoms with van der Waals surface area (Å²) in [6, 6.07) is 30.3. The fourth-order valence-corrected chi connectivity index (χ4v) is 3.49. The lowest BCUT2D eigenvalue weighted by Crippen LogP contribution is -1.78. The average Bonchev–Trinajstić information content (AvgIpc) is 2.54. The summed E-state index contributed by atoms with van der Waals surface area (Å²) in [6.45, 7) is 0. The highest BCUT2D eigenvalue weighted by Gasteiger charge is 2.01. The molecular weight excluding hydrogens is 272 g/mol. The Morgan fingerprint density at radius 2 is 1.05 bits per heavy atom. The standard InChI is InChI=1S/C20H14S/c1-2-8-19(9-3-1)21-20-11-10-17-12-15-6-4-5-7-16(15)13-18(17)14-20/h1-14H. The van der Waals surface area contributed by atoms with Gasteiger partial charge in [0.15, 0.2) is 0 Å². The third kappa shape index (κ3) is 2.53. The number of benzene rings is 4. The van der Waals surface area contributed by atoms with Crippen LogP contribution in [0.4, 0.5) is 0 Å². The molecule has 100 valence electrons. The fraction of sp³-hybridized carbons (Fsp3) is 0. The van der Waals surface area contributed by atoms with Crippen molar-refractivity contribution in [3.05, 3.63) is 84.9 Å². The molecule has 0 aliphatic heterocycles. The Morgan fingerprint density at radius 1 is 0.429 bits per heavy atom. The van der Waals surface area contributed by atoms with E-state index in [2.05, 4.69) is 84.9 Å². The van der Waals surface area contributed by atoms with Crippen LogP contribution in [0.3, 0.4) is 0 Å². The molecule has 0 aliphatic carbocycles. The van der Waals surface area contributed by atoms with Crippen LogP contribution in [-0.2, 0) is 0 Å². The van der Waals surface area contributed by atoms with Crippen LogP contribution < -0.4 is 0 Å². The van der Waals surface area contributed by atoms with Gasteiger partial charge in [0.05, 0.1) is 0 Å². The lowest BCUT2D eigenvalue weighted by Gasteiger charge is -2.06. The molecule has 0 bridgehead atoms. The van der Waals surface area contributed by atoms with Crippen LogP contribution in [0.2, 0.25) is 0 Å². The van der Waals surface area contributed by atoms with Crippen LogP contribution in [0.25, 0.3) is 21.5 Å². The van der Waals surface area contributed by atoms with Gasteiger partial charge in [0.2, 0.25) is 0 Å². The molecule has 0 amide bonds. The van der Waals surface area contributed by atoms with Gasteiger partial charge in [-0.05, 0) is 57.9 Å². The second-order valence-corrected chi connectivity index (χ2v) is 6.27. The Kier molecular flexibility index (Phi) is 3.13. The molecule has 0 fully saturated rings. The van der Waals surface area contributed by atoms with Crippen molar-refractivity contribution in [2.24, 2.45) is 0 Å². The van der Waals surface area contributed by atoms with Crippen LogP contribution in [0.15, 0.2) is 94.7 Å². The van der Waals surface area contributed by atoms with Gasteiger partial charge in [0.1, 0.15) is 0 Å². The maximum absolute atomic E-state index is 2.28. The molecule has 4 aromatic rings. The summed E-state index contributed by atoms with van der Waals surface area (Å²) in [6.07, 6.45) is 0. The Hall–Kier alpha value is -2.25. The smallest absolute Gasteiger partial charge is 0.0128 e. The van der Waals surface area contributed by atoms with Crippen LogP contribution >= 0.6 is 11.8 Å². The molecule has 0 saturated heterocycles. The van der Waals surface area contributed by atoms with Crippen LogP contribution in [0, 0.1) is 0 Å². The molecule has 0 atom stereocenters. The number of hydrogen-bond acceptors (Lipinski definition) is 1. The minimum Gasteiger partial charge on any atom is -0.0901 e. The summed E-state index contributed by atoms with van der Waals surface area (Å²) >= 11 is 1.81. The zero-order valence-corrected chi connectivity index (χ0v) is 12.3. The Morgan fingerprint density at radius 3 is 1.81 bits per heavy atom. The van der Waals surface area contributed by atoms with Crippen molar-refractivity contribution in [1.82, 2.24) is 0 Å². The van der Waals surface area contributed by atoms with Crippen molar-refractivity contribution in [3.8, 4) is 0 Å². The maximum Gasteiger partial charge on any atom is 0.0128 e. The first-order valence-electron chi connectivity index (χ1n) is 7.04. The van der Waals surface area contributed by atoms with E-state index in [9.17, 15) is 0 Å². The third-order valence-electron chi connectivity index (χ3n) is 3.66. The van der Waals surface area contributed by atoms with E-state index < -0.39 is 0 Å². The highest BCUT2D eigenvalue weighted by Crippen LogP contribution is 2.31. The first-order chi connectivity index (χ1) is 10.4. The van der Waals surface area contributed by atoms with Gasteiger partial charge in [-0.15, -0.1) is 0 Å². The van der Waals surface area contributed by atoms with Crippen LogP contribution in [-0.4, -0.2) is 0 Å². The molecule has 0 nitrogen and oxygen atoms in total. The summed E-state index contributed by atoms with van der Waals surface area (Å²) in [5.74, 6) is 0. The number of rotatable bonds is 2. The van der Waals surface area contributed by atoms with Crippen molar-refractivity contribution in [3.63, 3.8) is 0 Å². The van der Waals surface area contributed by atoms with E-state index in [0.29, 0.717) is 0 Å². The van der Waals surface area contributed by atoms with E-state index in [1.807, 2.05) is 11.8 Å². The summed E-state index contributed by atoms with van der Waals surface area (Å²) in [7, 11) is 0. The van der Waals surface area contributed by atoms with E-state index in [1.54, 1.807) is 0 Å². The molecular formula is C20H14S. The Bertz CT molecular complexity index is 910. The Labute approximate surface area is 128 Å². The van der Waals surface area contributed by atoms with Crippen molar-refractivity contribution < 1.29 is 0 Å². The van der Waals surface area contributed by atoms with Gasteiger partial charge in [-0.1, -0.05) is 60.3 Å². The Balaban J connectivity index is 1.80. The molecule has 0 aromatic heterocycles. The molecule has 0 heterocycles. The zero-order chi connectivity index (χ0) is 14.1. The molecule has 0 aliphatic rings. The van der Waals surface area contributed by atoms with Gasteiger partial charge in [0, 0.05) is 9.79 Å². The third-order valence-corrected chi connectivity index (χ3v) is 4.65. The highest BCUT2D eigenvalue weighted by atomic mass is 32.2. The van der Waals surface area contributed by atoms with Crippen LogP contribution in [0.5, 0.6) is 0 Å². The molecule has 4 rings (SSSR count). The summed E-state index contributed by atoms with van der Waals surface area (Å²) in [5.41, 5.74) is 0. The minimum atomic E-state index is 1.28. The topological polar surface area (TPSA) is 0 Å². The molecule has 0 saturated carbocycles. The van der Waals surface area contributed by atoms with Gasteiger partial charge < -0.3 is 0 Å². The first-order valence-corrected chi connectivity index (χ1v) is 7.86. The van der Waals surface area contributed by atoms with Gasteiger partial charge >= 0.3 is 0 Å². The van der Waals surface area contributed by atoms with Gasteiger partial charge in [-0.2, -0.15) is 0 Å². The lowest BCUT2D eigenvalue weighted by molar-refractivity contribution is 1.42. The van der Waals surface area contributed by atoms with E-state index in [0.717, 1.165) is 0 Å². The highest BCUT2D eigenvalue weighted by molar-refractivity contribution is 7.99. The fourth-order valence-electron chi connectivity index (χ4n) is 2.61. The predicted octanol–water partition coefficient (Wildman–Crippen LogP) is 6.14. The number of fused-ring (bicyclic) bond motifs is 2. The quantitative estimate of drug-likeness (QED) is 0.398. The molecule has 0 N–H and O–H groups in total. The first kappa shape index (κ1) is 12.5. The van der Waals surface area contributed by atoms with Gasteiger partial charge in [-0.3, -0.25) is 0 Å². The second kappa shape index (κ2) is 5.27. The van der Waals surface area contributed by atoms with Crippen LogP contribution in [0.1, 0.15) is 0 Å². The van der Waals surface area contributed by atoms with Crippen molar-refractivity contribution in [1.29, 1.82) is 0 Å². The second-order valence-electron chi connectivity index (χ2n) is 5.12. The lowest BCUT2D eigenvalue weighted by atomic mass is 10.0. The molecule has 0 spiro atoms. The monoisotopic (exact) mass is 286 g/mol. The molecule has 4 aromatic carbocycles. The minimum absolute atomic E-state index is 1.28. The summed E-state index contributed by atoms with van der Waals surface area (Å²) in [4.78, 5) is 2.56. The van der Waals surface area contributed by atoms with E-state index in [-0.39, 0.29) is 0 Å². The van der Waals surface area contributed by atoms with Crippen molar-refractivity contribution in [2.45, 2.75) is 9.79 Å². The zero-order valence-electron chi connectivity index (χ0n) is 11.5.